The molecule has 1 heterocycles. The Kier molecular flexibility index (Phi) is 5.03. The molecule has 0 atom stereocenters. The molecule has 1 N–H and O–H groups in total. The van der Waals surface area contributed by atoms with Crippen molar-refractivity contribution in [1.82, 2.24) is 4.98 Å². The van der Waals surface area contributed by atoms with Crippen LogP contribution in [-0.4, -0.2) is 11.1 Å². The summed E-state index contributed by atoms with van der Waals surface area (Å²) in [6.07, 6.45) is 3.06. The second kappa shape index (κ2) is 7.40. The summed E-state index contributed by atoms with van der Waals surface area (Å²) in [7, 11) is 0. The Balaban J connectivity index is 1.88. The molecular formula is C22H22N2O2. The SMILES string of the molecule is CC(C)(C)c1ccc(NC(=O)Oc2ccccc2)cc1-c1cccnc1. The topological polar surface area (TPSA) is 51.2 Å². The van der Waals surface area contributed by atoms with E-state index in [9.17, 15) is 4.79 Å². The lowest BCUT2D eigenvalue weighted by molar-refractivity contribution is 0.215. The smallest absolute Gasteiger partial charge is 0.410 e. The van der Waals surface area contributed by atoms with Crippen LogP contribution in [0.5, 0.6) is 5.75 Å². The number of aromatic nitrogens is 1. The van der Waals surface area contributed by atoms with Gasteiger partial charge in [-0.2, -0.15) is 0 Å². The molecule has 132 valence electrons. The lowest BCUT2D eigenvalue weighted by Gasteiger charge is -2.24. The summed E-state index contributed by atoms with van der Waals surface area (Å²) in [6, 6.07) is 18.8. The molecule has 0 aliphatic carbocycles. The highest BCUT2D eigenvalue weighted by Crippen LogP contribution is 2.34. The number of ether oxygens (including phenoxy) is 1. The lowest BCUT2D eigenvalue weighted by atomic mass is 9.82. The van der Waals surface area contributed by atoms with E-state index in [1.165, 1.54) is 5.56 Å². The first-order valence-electron chi connectivity index (χ1n) is 8.52. The summed E-state index contributed by atoms with van der Waals surface area (Å²) < 4.78 is 5.30. The molecule has 3 aromatic rings. The molecule has 1 amide bonds. The van der Waals surface area contributed by atoms with Crippen molar-refractivity contribution in [3.63, 3.8) is 0 Å². The molecule has 0 aliphatic heterocycles. The molecule has 4 heteroatoms. The van der Waals surface area contributed by atoms with Gasteiger partial charge in [0.15, 0.2) is 0 Å². The summed E-state index contributed by atoms with van der Waals surface area (Å²) in [5.74, 6) is 0.504. The number of rotatable bonds is 3. The van der Waals surface area contributed by atoms with Gasteiger partial charge in [-0.25, -0.2) is 4.79 Å². The summed E-state index contributed by atoms with van der Waals surface area (Å²) in [5.41, 5.74) is 3.89. The Labute approximate surface area is 153 Å². The van der Waals surface area contributed by atoms with Gasteiger partial charge in [-0.05, 0) is 46.9 Å². The molecule has 26 heavy (non-hydrogen) atoms. The first-order chi connectivity index (χ1) is 12.4. The minimum Gasteiger partial charge on any atom is -0.410 e. The fourth-order valence-corrected chi connectivity index (χ4v) is 2.78. The summed E-state index contributed by atoms with van der Waals surface area (Å²) in [5, 5.41) is 2.80. The second-order valence-electron chi connectivity index (χ2n) is 7.08. The van der Waals surface area contributed by atoms with Crippen molar-refractivity contribution < 1.29 is 9.53 Å². The van der Waals surface area contributed by atoms with Crippen LogP contribution < -0.4 is 10.1 Å². The highest BCUT2D eigenvalue weighted by Gasteiger charge is 2.19. The second-order valence-corrected chi connectivity index (χ2v) is 7.08. The summed E-state index contributed by atoms with van der Waals surface area (Å²) in [6.45, 7) is 6.50. The van der Waals surface area contributed by atoms with E-state index >= 15 is 0 Å². The Morgan fingerprint density at radius 1 is 1.00 bits per heavy atom. The minimum absolute atomic E-state index is 0.0335. The van der Waals surface area contributed by atoms with E-state index in [1.807, 2.05) is 54.7 Å². The van der Waals surface area contributed by atoms with Crippen LogP contribution in [0.15, 0.2) is 73.1 Å². The molecule has 2 aromatic carbocycles. The van der Waals surface area contributed by atoms with Gasteiger partial charge >= 0.3 is 6.09 Å². The van der Waals surface area contributed by atoms with Crippen LogP contribution in [-0.2, 0) is 5.41 Å². The molecule has 1 aromatic heterocycles. The van der Waals surface area contributed by atoms with Crippen molar-refractivity contribution in [3.05, 3.63) is 78.6 Å². The van der Waals surface area contributed by atoms with Crippen molar-refractivity contribution in [2.75, 3.05) is 5.32 Å². The predicted molar refractivity (Wildman–Crippen MR) is 104 cm³/mol. The monoisotopic (exact) mass is 346 g/mol. The van der Waals surface area contributed by atoms with Gasteiger partial charge < -0.3 is 4.74 Å². The van der Waals surface area contributed by atoms with E-state index < -0.39 is 6.09 Å². The molecular weight excluding hydrogens is 324 g/mol. The third-order valence-corrected chi connectivity index (χ3v) is 4.00. The van der Waals surface area contributed by atoms with Crippen LogP contribution in [0, 0.1) is 0 Å². The number of carbonyl (C=O) groups excluding carboxylic acids is 1. The highest BCUT2D eigenvalue weighted by atomic mass is 16.6. The van der Waals surface area contributed by atoms with Crippen molar-refractivity contribution >= 4 is 11.8 Å². The van der Waals surface area contributed by atoms with Gasteiger partial charge in [-0.1, -0.05) is 51.1 Å². The van der Waals surface area contributed by atoms with Crippen molar-refractivity contribution in [3.8, 4) is 16.9 Å². The Morgan fingerprint density at radius 2 is 1.77 bits per heavy atom. The number of pyridine rings is 1. The number of benzene rings is 2. The quantitative estimate of drug-likeness (QED) is 0.666. The number of carbonyl (C=O) groups is 1. The van der Waals surface area contributed by atoms with E-state index in [4.69, 9.17) is 4.74 Å². The van der Waals surface area contributed by atoms with E-state index in [1.54, 1.807) is 18.3 Å². The molecule has 0 saturated carbocycles. The maximum atomic E-state index is 12.2. The first kappa shape index (κ1) is 17.7. The summed E-state index contributed by atoms with van der Waals surface area (Å²) >= 11 is 0. The predicted octanol–water partition coefficient (Wildman–Crippen LogP) is 5.66. The molecule has 3 rings (SSSR count). The highest BCUT2D eigenvalue weighted by molar-refractivity contribution is 5.88. The average Bonchev–Trinajstić information content (AvgIpc) is 2.62. The van der Waals surface area contributed by atoms with Crippen LogP contribution in [0.1, 0.15) is 26.3 Å². The number of nitrogens with zero attached hydrogens (tertiary/aromatic N) is 1. The van der Waals surface area contributed by atoms with Gasteiger partial charge in [-0.15, -0.1) is 0 Å². The molecule has 0 spiro atoms. The fourth-order valence-electron chi connectivity index (χ4n) is 2.78. The number of hydrogen-bond acceptors (Lipinski definition) is 3. The van der Waals surface area contributed by atoms with Crippen LogP contribution in [0.2, 0.25) is 0 Å². The van der Waals surface area contributed by atoms with Crippen LogP contribution in [0.3, 0.4) is 0 Å². The summed E-state index contributed by atoms with van der Waals surface area (Å²) in [4.78, 5) is 16.4. The Morgan fingerprint density at radius 3 is 2.42 bits per heavy atom. The standard InChI is InChI=1S/C22H22N2O2/c1-22(2,3)20-12-11-17(14-19(20)16-8-7-13-23-15-16)24-21(25)26-18-9-5-4-6-10-18/h4-15H,1-3H3,(H,24,25). The third-order valence-electron chi connectivity index (χ3n) is 4.00. The maximum absolute atomic E-state index is 12.2. The van der Waals surface area contributed by atoms with Crippen molar-refractivity contribution in [1.29, 1.82) is 0 Å². The average molecular weight is 346 g/mol. The number of amides is 1. The molecule has 0 radical (unpaired) electrons. The first-order valence-corrected chi connectivity index (χ1v) is 8.52. The molecule has 4 nitrogen and oxygen atoms in total. The van der Waals surface area contributed by atoms with Gasteiger partial charge in [0.05, 0.1) is 0 Å². The van der Waals surface area contributed by atoms with E-state index in [-0.39, 0.29) is 5.41 Å². The molecule has 0 fully saturated rings. The molecule has 0 saturated heterocycles. The normalized spacial score (nSPS) is 11.0. The van der Waals surface area contributed by atoms with E-state index in [2.05, 4.69) is 31.1 Å². The van der Waals surface area contributed by atoms with E-state index in [0.717, 1.165) is 11.1 Å². The zero-order chi connectivity index (χ0) is 18.6. The third kappa shape index (κ3) is 4.28. The maximum Gasteiger partial charge on any atom is 0.417 e. The van der Waals surface area contributed by atoms with Crippen LogP contribution in [0.25, 0.3) is 11.1 Å². The lowest BCUT2D eigenvalue weighted by Crippen LogP contribution is -2.18. The van der Waals surface area contributed by atoms with E-state index in [0.29, 0.717) is 11.4 Å². The van der Waals surface area contributed by atoms with Gasteiger partial charge in [-0.3, -0.25) is 10.3 Å². The zero-order valence-electron chi connectivity index (χ0n) is 15.2. The minimum atomic E-state index is -0.517. The van der Waals surface area contributed by atoms with Gasteiger partial charge in [0.2, 0.25) is 0 Å². The molecule has 0 unspecified atom stereocenters. The van der Waals surface area contributed by atoms with Gasteiger partial charge in [0, 0.05) is 23.6 Å². The zero-order valence-corrected chi connectivity index (χ0v) is 15.2. The van der Waals surface area contributed by atoms with Crippen LogP contribution >= 0.6 is 0 Å². The number of para-hydroxylation sites is 1. The van der Waals surface area contributed by atoms with Gasteiger partial charge in [0.1, 0.15) is 5.75 Å². The number of nitrogens with one attached hydrogen (secondary N) is 1. The van der Waals surface area contributed by atoms with Gasteiger partial charge in [0.25, 0.3) is 0 Å². The largest absolute Gasteiger partial charge is 0.417 e. The Hall–Kier alpha value is -3.14. The molecule has 0 aliphatic rings. The Bertz CT molecular complexity index is 885. The number of anilines is 1. The van der Waals surface area contributed by atoms with Crippen molar-refractivity contribution in [2.24, 2.45) is 0 Å². The van der Waals surface area contributed by atoms with Crippen LogP contribution in [0.4, 0.5) is 10.5 Å². The number of hydrogen-bond donors (Lipinski definition) is 1. The fraction of sp³-hybridized carbons (Fsp3) is 0.182. The molecule has 0 bridgehead atoms. The van der Waals surface area contributed by atoms with Crippen molar-refractivity contribution in [2.45, 2.75) is 26.2 Å².